The van der Waals surface area contributed by atoms with Gasteiger partial charge >= 0.3 is 0 Å². The van der Waals surface area contributed by atoms with Crippen molar-refractivity contribution in [2.24, 2.45) is 0 Å². The highest BCUT2D eigenvalue weighted by atomic mass is 32.2. The maximum absolute atomic E-state index is 12.3. The molecule has 1 aromatic rings. The minimum Gasteiger partial charge on any atom is -0.497 e. The van der Waals surface area contributed by atoms with Gasteiger partial charge in [0, 0.05) is 25.3 Å². The summed E-state index contributed by atoms with van der Waals surface area (Å²) in [6, 6.07) is 9.28. The number of nitrogens with zero attached hydrogens (tertiary/aromatic N) is 2. The summed E-state index contributed by atoms with van der Waals surface area (Å²) in [6.07, 6.45) is 2.63. The van der Waals surface area contributed by atoms with E-state index < -0.39 is 15.7 Å². The number of sulfone groups is 1. The third-order valence-corrected chi connectivity index (χ3v) is 6.31. The molecule has 0 bridgehead atoms. The zero-order chi connectivity index (χ0) is 19.9. The maximum Gasteiger partial charge on any atom is 0.263 e. The first-order valence-corrected chi connectivity index (χ1v) is 10.7. The van der Waals surface area contributed by atoms with E-state index in [1.165, 1.54) is 6.20 Å². The number of methoxy groups -OCH3 is 1. The van der Waals surface area contributed by atoms with Gasteiger partial charge in [0.05, 0.1) is 18.6 Å². The molecule has 2 rings (SSSR count). The highest BCUT2D eigenvalue weighted by molar-refractivity contribution is 7.91. The van der Waals surface area contributed by atoms with E-state index in [1.54, 1.807) is 12.0 Å². The number of rotatable bonds is 8. The third-order valence-electron chi connectivity index (χ3n) is 4.56. The number of hydrogen-bond donors (Lipinski definition) is 1. The van der Waals surface area contributed by atoms with Gasteiger partial charge in [-0.25, -0.2) is 8.42 Å². The van der Waals surface area contributed by atoms with E-state index in [-0.39, 0.29) is 23.1 Å². The highest BCUT2D eigenvalue weighted by Crippen LogP contribution is 2.18. The smallest absolute Gasteiger partial charge is 0.263 e. The van der Waals surface area contributed by atoms with Crippen LogP contribution in [0.1, 0.15) is 18.9 Å². The van der Waals surface area contributed by atoms with Crippen LogP contribution in [-0.4, -0.2) is 57.0 Å². The van der Waals surface area contributed by atoms with Crippen molar-refractivity contribution in [3.05, 3.63) is 41.6 Å². The zero-order valence-corrected chi connectivity index (χ0v) is 16.5. The molecule has 1 aliphatic rings. The van der Waals surface area contributed by atoms with Crippen LogP contribution in [0.5, 0.6) is 5.75 Å². The Morgan fingerprint density at radius 1 is 1.41 bits per heavy atom. The molecular formula is C19H25N3O4S. The van der Waals surface area contributed by atoms with Crippen LogP contribution in [0.3, 0.4) is 0 Å². The molecule has 1 aliphatic heterocycles. The Balaban J connectivity index is 1.93. The van der Waals surface area contributed by atoms with Gasteiger partial charge in [-0.3, -0.25) is 4.79 Å². The lowest BCUT2D eigenvalue weighted by Crippen LogP contribution is -2.34. The molecule has 0 saturated carbocycles. The summed E-state index contributed by atoms with van der Waals surface area (Å²) in [4.78, 5) is 14.1. The second kappa shape index (κ2) is 9.42. The maximum atomic E-state index is 12.3. The second-order valence-corrected chi connectivity index (χ2v) is 8.62. The molecule has 1 amide bonds. The predicted molar refractivity (Wildman–Crippen MR) is 103 cm³/mol. The molecule has 0 aliphatic carbocycles. The van der Waals surface area contributed by atoms with Gasteiger partial charge in [0.25, 0.3) is 5.91 Å². The van der Waals surface area contributed by atoms with Crippen LogP contribution in [-0.2, 0) is 21.1 Å². The van der Waals surface area contributed by atoms with Crippen LogP contribution in [0.15, 0.2) is 36.0 Å². The molecule has 1 aromatic carbocycles. The standard InChI is InChI=1S/C19H25N3O4S/c1-3-22(17-9-11-27(24,25)14-17)13-16(12-20)19(23)21-10-8-15-4-6-18(26-2)7-5-15/h4-7,13,17H,3,8-11,14H2,1-2H3,(H,21,23)/b16-13-. The van der Waals surface area contributed by atoms with E-state index in [0.717, 1.165) is 11.3 Å². The van der Waals surface area contributed by atoms with Crippen molar-refractivity contribution in [3.8, 4) is 11.8 Å². The molecule has 1 atom stereocenters. The van der Waals surface area contributed by atoms with Crippen LogP contribution >= 0.6 is 0 Å². The molecule has 0 radical (unpaired) electrons. The molecule has 8 heteroatoms. The summed E-state index contributed by atoms with van der Waals surface area (Å²) in [6.45, 7) is 2.80. The Bertz CT molecular complexity index is 826. The molecular weight excluding hydrogens is 366 g/mol. The van der Waals surface area contributed by atoms with Crippen LogP contribution < -0.4 is 10.1 Å². The number of ether oxygens (including phenoxy) is 1. The molecule has 0 aromatic heterocycles. The lowest BCUT2D eigenvalue weighted by molar-refractivity contribution is -0.117. The summed E-state index contributed by atoms with van der Waals surface area (Å²) in [5, 5.41) is 12.1. The van der Waals surface area contributed by atoms with E-state index in [4.69, 9.17) is 4.74 Å². The van der Waals surface area contributed by atoms with Crippen molar-refractivity contribution in [3.63, 3.8) is 0 Å². The number of amides is 1. The van der Waals surface area contributed by atoms with Crippen molar-refractivity contribution in [1.82, 2.24) is 10.2 Å². The van der Waals surface area contributed by atoms with Crippen LogP contribution in [0.4, 0.5) is 0 Å². The molecule has 1 unspecified atom stereocenters. The molecule has 146 valence electrons. The van der Waals surface area contributed by atoms with Gasteiger partial charge in [0.15, 0.2) is 9.84 Å². The number of nitriles is 1. The van der Waals surface area contributed by atoms with Gasteiger partial charge < -0.3 is 15.0 Å². The van der Waals surface area contributed by atoms with Crippen molar-refractivity contribution >= 4 is 15.7 Å². The Morgan fingerprint density at radius 2 is 2.11 bits per heavy atom. The quantitative estimate of drug-likeness (QED) is 0.529. The Morgan fingerprint density at radius 3 is 2.63 bits per heavy atom. The molecule has 1 heterocycles. The summed E-state index contributed by atoms with van der Waals surface area (Å²) < 4.78 is 28.4. The number of carbonyl (C=O) groups is 1. The van der Waals surface area contributed by atoms with E-state index >= 15 is 0 Å². The Labute approximate surface area is 160 Å². The molecule has 7 nitrogen and oxygen atoms in total. The van der Waals surface area contributed by atoms with Crippen molar-refractivity contribution < 1.29 is 17.9 Å². The van der Waals surface area contributed by atoms with Crippen molar-refractivity contribution in [1.29, 1.82) is 5.26 Å². The predicted octanol–water partition coefficient (Wildman–Crippen LogP) is 1.27. The average molecular weight is 391 g/mol. The first kappa shape index (κ1) is 20.8. The number of nitrogens with one attached hydrogen (secondary N) is 1. The molecule has 1 fully saturated rings. The summed E-state index contributed by atoms with van der Waals surface area (Å²) >= 11 is 0. The monoisotopic (exact) mass is 391 g/mol. The van der Waals surface area contributed by atoms with Gasteiger partial charge in [0.2, 0.25) is 0 Å². The molecule has 27 heavy (non-hydrogen) atoms. The first-order valence-electron chi connectivity index (χ1n) is 8.87. The first-order chi connectivity index (χ1) is 12.9. The van der Waals surface area contributed by atoms with Gasteiger partial charge in [-0.05, 0) is 37.5 Å². The van der Waals surface area contributed by atoms with Gasteiger partial charge in [-0.15, -0.1) is 0 Å². The van der Waals surface area contributed by atoms with E-state index in [9.17, 15) is 18.5 Å². The minimum absolute atomic E-state index is 0.0177. The fourth-order valence-corrected chi connectivity index (χ4v) is 4.75. The van der Waals surface area contributed by atoms with Crippen LogP contribution in [0, 0.1) is 11.3 Å². The van der Waals surface area contributed by atoms with Crippen molar-refractivity contribution in [2.45, 2.75) is 25.8 Å². The van der Waals surface area contributed by atoms with Crippen LogP contribution in [0.25, 0.3) is 0 Å². The highest BCUT2D eigenvalue weighted by Gasteiger charge is 2.31. The average Bonchev–Trinajstić information content (AvgIpc) is 3.02. The molecule has 0 spiro atoms. The largest absolute Gasteiger partial charge is 0.497 e. The summed E-state index contributed by atoms with van der Waals surface area (Å²) in [5.74, 6) is 0.531. The zero-order valence-electron chi connectivity index (χ0n) is 15.6. The Kier molecular flexibility index (Phi) is 7.25. The SMILES string of the molecule is CCN(/C=C(/C#N)C(=O)NCCc1ccc(OC)cc1)C1CCS(=O)(=O)C1. The summed E-state index contributed by atoms with van der Waals surface area (Å²) in [7, 11) is -1.42. The lowest BCUT2D eigenvalue weighted by Gasteiger charge is -2.25. The Hall–Kier alpha value is -2.53. The minimum atomic E-state index is -3.03. The summed E-state index contributed by atoms with van der Waals surface area (Å²) in [5.41, 5.74) is 1.03. The second-order valence-electron chi connectivity index (χ2n) is 6.40. The van der Waals surface area contributed by atoms with Gasteiger partial charge in [0.1, 0.15) is 17.4 Å². The van der Waals surface area contributed by atoms with E-state index in [2.05, 4.69) is 5.32 Å². The van der Waals surface area contributed by atoms with Crippen LogP contribution in [0.2, 0.25) is 0 Å². The topological polar surface area (TPSA) is 99.5 Å². The number of hydrogen-bond acceptors (Lipinski definition) is 6. The fourth-order valence-electron chi connectivity index (χ4n) is 3.00. The molecule has 1 N–H and O–H groups in total. The normalized spacial score (nSPS) is 18.6. The lowest BCUT2D eigenvalue weighted by atomic mass is 10.1. The number of benzene rings is 1. The van der Waals surface area contributed by atoms with Gasteiger partial charge in [-0.2, -0.15) is 5.26 Å². The molecule has 1 saturated heterocycles. The fraction of sp³-hybridized carbons (Fsp3) is 0.474. The van der Waals surface area contributed by atoms with Gasteiger partial charge in [-0.1, -0.05) is 12.1 Å². The number of carbonyl (C=O) groups excluding carboxylic acids is 1. The van der Waals surface area contributed by atoms with Crippen molar-refractivity contribution in [2.75, 3.05) is 31.7 Å². The third kappa shape index (κ3) is 6.00. The van der Waals surface area contributed by atoms with E-state index in [1.807, 2.05) is 37.3 Å². The van der Waals surface area contributed by atoms with E-state index in [0.29, 0.717) is 25.9 Å².